The molecule has 8 nitrogen and oxygen atoms in total. The van der Waals surface area contributed by atoms with Gasteiger partial charge in [0, 0.05) is 0 Å². The molecule has 9 heteroatoms. The second-order valence-electron chi connectivity index (χ2n) is 4.04. The number of hydrogen-bond donors (Lipinski definition) is 2. The minimum Gasteiger partial charge on any atom is -0.495 e. The maximum absolute atomic E-state index is 12.2. The molecule has 116 valence electrons. The summed E-state index contributed by atoms with van der Waals surface area (Å²) < 4.78 is 35.8. The average molecular weight is 317 g/mol. The molecule has 0 aliphatic carbocycles. The lowest BCUT2D eigenvalue weighted by molar-refractivity contribution is -0.138. The number of benzene rings is 1. The van der Waals surface area contributed by atoms with E-state index in [2.05, 4.69) is 4.74 Å². The first-order valence-corrected chi connectivity index (χ1v) is 7.22. The van der Waals surface area contributed by atoms with Crippen LogP contribution in [0.2, 0.25) is 0 Å². The number of aliphatic carboxylic acids is 1. The van der Waals surface area contributed by atoms with Crippen LogP contribution in [0.15, 0.2) is 23.1 Å². The number of methoxy groups -OCH3 is 2. The summed E-state index contributed by atoms with van der Waals surface area (Å²) in [5, 5.41) is 8.77. The predicted octanol–water partition coefficient (Wildman–Crippen LogP) is 0.233. The molecule has 1 aromatic rings. The van der Waals surface area contributed by atoms with Crippen molar-refractivity contribution in [3.63, 3.8) is 0 Å². The second kappa shape index (κ2) is 6.55. The topological polar surface area (TPSA) is 119 Å². The average Bonchev–Trinajstić information content (AvgIpc) is 2.45. The van der Waals surface area contributed by atoms with Gasteiger partial charge in [0.1, 0.15) is 16.7 Å². The molecular weight excluding hydrogens is 302 g/mol. The van der Waals surface area contributed by atoms with Crippen LogP contribution in [0.3, 0.4) is 0 Å². The molecule has 0 bridgehead atoms. The van der Waals surface area contributed by atoms with Crippen molar-refractivity contribution in [1.82, 2.24) is 4.72 Å². The molecule has 0 saturated carbocycles. The van der Waals surface area contributed by atoms with Gasteiger partial charge in [-0.25, -0.2) is 13.2 Å². The van der Waals surface area contributed by atoms with Gasteiger partial charge in [0.25, 0.3) is 0 Å². The van der Waals surface area contributed by atoms with Gasteiger partial charge in [0.05, 0.1) is 19.8 Å². The number of carboxylic acid groups (broad SMARTS) is 1. The van der Waals surface area contributed by atoms with Gasteiger partial charge in [-0.1, -0.05) is 0 Å². The number of nitrogens with one attached hydrogen (secondary N) is 1. The molecule has 0 aliphatic rings. The van der Waals surface area contributed by atoms with E-state index in [0.29, 0.717) is 0 Å². The lowest BCUT2D eigenvalue weighted by atomic mass is 10.2. The Morgan fingerprint density at radius 2 is 1.90 bits per heavy atom. The number of ether oxygens (including phenoxy) is 2. The Hall–Kier alpha value is -2.13. The summed E-state index contributed by atoms with van der Waals surface area (Å²) in [5.74, 6) is -2.07. The van der Waals surface area contributed by atoms with E-state index in [4.69, 9.17) is 9.84 Å². The number of hydrogen-bond acceptors (Lipinski definition) is 6. The van der Waals surface area contributed by atoms with Gasteiger partial charge in [-0.3, -0.25) is 4.79 Å². The standard InChI is InChI=1S/C12H15NO7S/c1-7(11(14)15)13-21(17,18)10-6-8(12(16)20-3)4-5-9(10)19-2/h4-7,13H,1-3H3,(H,14,15)/t7-/m1/s1. The summed E-state index contributed by atoms with van der Waals surface area (Å²) in [4.78, 5) is 21.9. The van der Waals surface area contributed by atoms with E-state index < -0.39 is 28.0 Å². The normalized spacial score (nSPS) is 12.5. The summed E-state index contributed by atoms with van der Waals surface area (Å²) in [7, 11) is -1.76. The zero-order valence-corrected chi connectivity index (χ0v) is 12.4. The number of sulfonamides is 1. The first-order chi connectivity index (χ1) is 9.72. The molecule has 0 spiro atoms. The summed E-state index contributed by atoms with van der Waals surface area (Å²) in [6.07, 6.45) is 0. The van der Waals surface area contributed by atoms with Gasteiger partial charge in [0.2, 0.25) is 10.0 Å². The van der Waals surface area contributed by atoms with Crippen molar-refractivity contribution in [3.8, 4) is 5.75 Å². The van der Waals surface area contributed by atoms with E-state index >= 15 is 0 Å². The summed E-state index contributed by atoms with van der Waals surface area (Å²) in [6.45, 7) is 1.18. The first kappa shape index (κ1) is 16.9. The van der Waals surface area contributed by atoms with Crippen molar-refractivity contribution in [2.45, 2.75) is 17.9 Å². The molecule has 0 aliphatic heterocycles. The molecule has 21 heavy (non-hydrogen) atoms. The van der Waals surface area contributed by atoms with Crippen LogP contribution in [0.4, 0.5) is 0 Å². The van der Waals surface area contributed by atoms with Gasteiger partial charge in [-0.15, -0.1) is 0 Å². The minimum absolute atomic E-state index is 0.00153. The van der Waals surface area contributed by atoms with Crippen LogP contribution in [-0.2, 0) is 19.6 Å². The molecule has 0 heterocycles. The number of rotatable bonds is 6. The molecule has 1 aromatic carbocycles. The van der Waals surface area contributed by atoms with Crippen molar-refractivity contribution in [1.29, 1.82) is 0 Å². The van der Waals surface area contributed by atoms with Gasteiger partial charge >= 0.3 is 11.9 Å². The number of esters is 1. The lowest BCUT2D eigenvalue weighted by Crippen LogP contribution is -2.38. The highest BCUT2D eigenvalue weighted by Gasteiger charge is 2.26. The smallest absolute Gasteiger partial charge is 0.337 e. The molecule has 2 N–H and O–H groups in total. The van der Waals surface area contributed by atoms with Gasteiger partial charge in [0.15, 0.2) is 0 Å². The van der Waals surface area contributed by atoms with E-state index in [1.807, 2.05) is 4.72 Å². The van der Waals surface area contributed by atoms with Crippen molar-refractivity contribution in [3.05, 3.63) is 23.8 Å². The van der Waals surface area contributed by atoms with Crippen molar-refractivity contribution < 1.29 is 32.6 Å². The van der Waals surface area contributed by atoms with E-state index in [1.165, 1.54) is 26.2 Å². The maximum atomic E-state index is 12.2. The third kappa shape index (κ3) is 3.92. The van der Waals surface area contributed by atoms with E-state index in [9.17, 15) is 18.0 Å². The number of carbonyl (C=O) groups excluding carboxylic acids is 1. The van der Waals surface area contributed by atoms with Crippen LogP contribution < -0.4 is 9.46 Å². The van der Waals surface area contributed by atoms with Gasteiger partial charge < -0.3 is 14.6 Å². The van der Waals surface area contributed by atoms with Crippen LogP contribution in [0.1, 0.15) is 17.3 Å². The lowest BCUT2D eigenvalue weighted by Gasteiger charge is -2.13. The quantitative estimate of drug-likeness (QED) is 0.721. The summed E-state index contributed by atoms with van der Waals surface area (Å²) in [6, 6.07) is 2.35. The molecule has 0 radical (unpaired) electrons. The van der Waals surface area contributed by atoms with Crippen molar-refractivity contribution >= 4 is 22.0 Å². The third-order valence-electron chi connectivity index (χ3n) is 2.58. The van der Waals surface area contributed by atoms with E-state index in [0.717, 1.165) is 13.2 Å². The number of carbonyl (C=O) groups is 2. The molecule has 1 atom stereocenters. The fourth-order valence-electron chi connectivity index (χ4n) is 1.48. The Bertz CT molecular complexity index is 654. The molecule has 0 aromatic heterocycles. The predicted molar refractivity (Wildman–Crippen MR) is 71.8 cm³/mol. The minimum atomic E-state index is -4.18. The van der Waals surface area contributed by atoms with Gasteiger partial charge in [-0.05, 0) is 25.1 Å². The van der Waals surface area contributed by atoms with Gasteiger partial charge in [-0.2, -0.15) is 4.72 Å². The molecule has 0 amide bonds. The van der Waals surface area contributed by atoms with Crippen LogP contribution >= 0.6 is 0 Å². The van der Waals surface area contributed by atoms with Crippen LogP contribution in [0, 0.1) is 0 Å². The molecular formula is C12H15NO7S. The highest BCUT2D eigenvalue weighted by molar-refractivity contribution is 7.89. The highest BCUT2D eigenvalue weighted by atomic mass is 32.2. The van der Waals surface area contributed by atoms with Crippen LogP contribution in [-0.4, -0.2) is 45.7 Å². The Labute approximate surface area is 121 Å². The Morgan fingerprint density at radius 1 is 1.29 bits per heavy atom. The summed E-state index contributed by atoms with van der Waals surface area (Å²) >= 11 is 0. The molecule has 0 unspecified atom stereocenters. The molecule has 0 fully saturated rings. The second-order valence-corrected chi connectivity index (χ2v) is 5.72. The Balaban J connectivity index is 3.31. The Morgan fingerprint density at radius 3 is 2.38 bits per heavy atom. The van der Waals surface area contributed by atoms with Crippen molar-refractivity contribution in [2.75, 3.05) is 14.2 Å². The monoisotopic (exact) mass is 317 g/mol. The van der Waals surface area contributed by atoms with Crippen LogP contribution in [0.25, 0.3) is 0 Å². The summed E-state index contributed by atoms with van der Waals surface area (Å²) in [5.41, 5.74) is 0.00153. The molecule has 0 saturated heterocycles. The van der Waals surface area contributed by atoms with Crippen LogP contribution in [0.5, 0.6) is 5.75 Å². The first-order valence-electron chi connectivity index (χ1n) is 5.74. The zero-order valence-electron chi connectivity index (χ0n) is 11.6. The van der Waals surface area contributed by atoms with E-state index in [1.54, 1.807) is 0 Å². The fourth-order valence-corrected chi connectivity index (χ4v) is 2.87. The zero-order chi connectivity index (χ0) is 16.2. The largest absolute Gasteiger partial charge is 0.495 e. The molecule has 1 rings (SSSR count). The Kier molecular flexibility index (Phi) is 5.28. The van der Waals surface area contributed by atoms with E-state index in [-0.39, 0.29) is 16.2 Å². The number of carboxylic acids is 1. The third-order valence-corrected chi connectivity index (χ3v) is 4.14. The SMILES string of the molecule is COC(=O)c1ccc(OC)c(S(=O)(=O)N[C@H](C)C(=O)O)c1. The maximum Gasteiger partial charge on any atom is 0.337 e. The fraction of sp³-hybridized carbons (Fsp3) is 0.333. The highest BCUT2D eigenvalue weighted by Crippen LogP contribution is 2.25. The van der Waals surface area contributed by atoms with Crippen molar-refractivity contribution in [2.24, 2.45) is 0 Å².